The van der Waals surface area contributed by atoms with Crippen LogP contribution >= 0.6 is 0 Å². The summed E-state index contributed by atoms with van der Waals surface area (Å²) in [6.07, 6.45) is 1.94. The summed E-state index contributed by atoms with van der Waals surface area (Å²) in [6.45, 7) is 3.89. The Hall–Kier alpha value is -2.04. The molecule has 0 aromatic heterocycles. The van der Waals surface area contributed by atoms with Crippen molar-refractivity contribution in [3.05, 3.63) is 35.9 Å². The van der Waals surface area contributed by atoms with E-state index < -0.39 is 0 Å². The summed E-state index contributed by atoms with van der Waals surface area (Å²) in [6, 6.07) is 10.3. The zero-order chi connectivity index (χ0) is 15.5. The maximum absolute atomic E-state index is 11.6. The minimum Gasteiger partial charge on any atom is -0.356 e. The van der Waals surface area contributed by atoms with Crippen LogP contribution in [0, 0.1) is 0 Å². The van der Waals surface area contributed by atoms with Crippen LogP contribution in [0.2, 0.25) is 0 Å². The van der Waals surface area contributed by atoms with Gasteiger partial charge < -0.3 is 15.5 Å². The smallest absolute Gasteiger partial charge is 0.243 e. The van der Waals surface area contributed by atoms with E-state index in [1.165, 1.54) is 5.56 Å². The summed E-state index contributed by atoms with van der Waals surface area (Å²) in [7, 11) is 3.47. The van der Waals surface area contributed by atoms with Crippen molar-refractivity contribution in [1.82, 2.24) is 15.5 Å². The van der Waals surface area contributed by atoms with E-state index in [9.17, 15) is 4.79 Å². The Morgan fingerprint density at radius 3 is 2.43 bits per heavy atom. The lowest BCUT2D eigenvalue weighted by Gasteiger charge is -2.13. The van der Waals surface area contributed by atoms with Crippen molar-refractivity contribution >= 4 is 11.9 Å². The highest BCUT2D eigenvalue weighted by atomic mass is 16.2. The zero-order valence-electron chi connectivity index (χ0n) is 13.2. The van der Waals surface area contributed by atoms with E-state index in [-0.39, 0.29) is 12.5 Å². The number of amides is 1. The quantitative estimate of drug-likeness (QED) is 0.587. The van der Waals surface area contributed by atoms with Crippen LogP contribution in [0.15, 0.2) is 35.3 Å². The van der Waals surface area contributed by atoms with Gasteiger partial charge in [0.2, 0.25) is 5.91 Å². The number of nitrogens with one attached hydrogen (secondary N) is 2. The van der Waals surface area contributed by atoms with Crippen LogP contribution in [0.4, 0.5) is 0 Å². The normalized spacial score (nSPS) is 11.1. The van der Waals surface area contributed by atoms with E-state index in [0.29, 0.717) is 5.96 Å². The van der Waals surface area contributed by atoms with Crippen molar-refractivity contribution < 1.29 is 4.79 Å². The third kappa shape index (κ3) is 7.34. The molecule has 1 amide bonds. The first-order chi connectivity index (χ1) is 10.1. The molecule has 0 aliphatic carbocycles. The van der Waals surface area contributed by atoms with Gasteiger partial charge in [0.1, 0.15) is 6.54 Å². The van der Waals surface area contributed by atoms with Crippen molar-refractivity contribution in [3.63, 3.8) is 0 Å². The molecule has 1 rings (SSSR count). The standard InChI is InChI=1S/C16H26N4O/c1-4-11-17-16(19-13-15(21)20(2)3)18-12-10-14-8-6-5-7-9-14/h5-9H,4,10-13H2,1-3H3,(H2,17,18,19). The van der Waals surface area contributed by atoms with Gasteiger partial charge in [0, 0.05) is 27.2 Å². The van der Waals surface area contributed by atoms with E-state index >= 15 is 0 Å². The van der Waals surface area contributed by atoms with Gasteiger partial charge in [0.15, 0.2) is 5.96 Å². The monoisotopic (exact) mass is 290 g/mol. The average molecular weight is 290 g/mol. The van der Waals surface area contributed by atoms with Crippen LogP contribution in [0.1, 0.15) is 18.9 Å². The number of hydrogen-bond donors (Lipinski definition) is 2. The summed E-state index contributed by atoms with van der Waals surface area (Å²) < 4.78 is 0. The number of rotatable bonds is 7. The molecular weight excluding hydrogens is 264 g/mol. The molecule has 1 aromatic rings. The van der Waals surface area contributed by atoms with Gasteiger partial charge in [0.05, 0.1) is 0 Å². The molecule has 5 nitrogen and oxygen atoms in total. The predicted octanol–water partition coefficient (Wildman–Crippen LogP) is 1.26. The summed E-state index contributed by atoms with van der Waals surface area (Å²) >= 11 is 0. The largest absolute Gasteiger partial charge is 0.356 e. The highest BCUT2D eigenvalue weighted by molar-refractivity contribution is 5.84. The number of carbonyl (C=O) groups is 1. The second kappa shape index (κ2) is 9.80. The van der Waals surface area contributed by atoms with Gasteiger partial charge in [-0.2, -0.15) is 0 Å². The van der Waals surface area contributed by atoms with E-state index in [4.69, 9.17) is 0 Å². The fourth-order valence-corrected chi connectivity index (χ4v) is 1.68. The lowest BCUT2D eigenvalue weighted by Crippen LogP contribution is -2.39. The number of benzene rings is 1. The van der Waals surface area contributed by atoms with Gasteiger partial charge in [-0.05, 0) is 18.4 Å². The van der Waals surface area contributed by atoms with Crippen LogP contribution in [-0.4, -0.2) is 50.5 Å². The number of hydrogen-bond acceptors (Lipinski definition) is 2. The molecule has 2 N–H and O–H groups in total. The molecule has 0 saturated heterocycles. The van der Waals surface area contributed by atoms with Crippen LogP contribution in [0.5, 0.6) is 0 Å². The first-order valence-corrected chi connectivity index (χ1v) is 7.39. The molecular formula is C16H26N4O. The Morgan fingerprint density at radius 2 is 1.81 bits per heavy atom. The highest BCUT2D eigenvalue weighted by Gasteiger charge is 2.04. The molecule has 0 saturated carbocycles. The molecule has 116 valence electrons. The van der Waals surface area contributed by atoms with Crippen LogP contribution < -0.4 is 10.6 Å². The van der Waals surface area contributed by atoms with Gasteiger partial charge in [0.25, 0.3) is 0 Å². The Kier molecular flexibility index (Phi) is 7.94. The molecule has 0 heterocycles. The molecule has 0 atom stereocenters. The topological polar surface area (TPSA) is 56.7 Å². The molecule has 0 radical (unpaired) electrons. The molecule has 0 bridgehead atoms. The van der Waals surface area contributed by atoms with Gasteiger partial charge in [-0.1, -0.05) is 37.3 Å². The maximum Gasteiger partial charge on any atom is 0.243 e. The molecule has 0 spiro atoms. The summed E-state index contributed by atoms with van der Waals surface area (Å²) in [4.78, 5) is 17.4. The van der Waals surface area contributed by atoms with E-state index in [0.717, 1.165) is 25.9 Å². The Balaban J connectivity index is 2.45. The predicted molar refractivity (Wildman–Crippen MR) is 87.4 cm³/mol. The van der Waals surface area contributed by atoms with Gasteiger partial charge in [-0.3, -0.25) is 4.79 Å². The Labute approximate surface area is 127 Å². The molecule has 5 heteroatoms. The van der Waals surface area contributed by atoms with E-state index in [1.54, 1.807) is 19.0 Å². The van der Waals surface area contributed by atoms with E-state index in [2.05, 4.69) is 34.7 Å². The van der Waals surface area contributed by atoms with Gasteiger partial charge >= 0.3 is 0 Å². The minimum atomic E-state index is -0.00402. The number of guanidine groups is 1. The molecule has 0 aliphatic rings. The fourth-order valence-electron chi connectivity index (χ4n) is 1.68. The van der Waals surface area contributed by atoms with Crippen LogP contribution in [0.25, 0.3) is 0 Å². The molecule has 0 aliphatic heterocycles. The van der Waals surface area contributed by atoms with Crippen LogP contribution in [0.3, 0.4) is 0 Å². The maximum atomic E-state index is 11.6. The first-order valence-electron chi connectivity index (χ1n) is 7.39. The molecule has 0 fully saturated rings. The minimum absolute atomic E-state index is 0.00402. The number of nitrogens with zero attached hydrogens (tertiary/aromatic N) is 2. The number of carbonyl (C=O) groups excluding carboxylic acids is 1. The average Bonchev–Trinajstić information content (AvgIpc) is 2.50. The van der Waals surface area contributed by atoms with Crippen molar-refractivity contribution in [1.29, 1.82) is 0 Å². The van der Waals surface area contributed by atoms with Gasteiger partial charge in [-0.15, -0.1) is 0 Å². The van der Waals surface area contributed by atoms with Crippen molar-refractivity contribution in [2.24, 2.45) is 4.99 Å². The molecule has 21 heavy (non-hydrogen) atoms. The van der Waals surface area contributed by atoms with Crippen molar-refractivity contribution in [2.45, 2.75) is 19.8 Å². The second-order valence-electron chi connectivity index (χ2n) is 5.04. The third-order valence-corrected chi connectivity index (χ3v) is 2.96. The zero-order valence-corrected chi connectivity index (χ0v) is 13.2. The lowest BCUT2D eigenvalue weighted by atomic mass is 10.1. The SMILES string of the molecule is CCCNC(=NCC(=O)N(C)C)NCCc1ccccc1. The number of aliphatic imine (C=N–C) groups is 1. The third-order valence-electron chi connectivity index (χ3n) is 2.96. The Morgan fingerprint density at radius 1 is 1.14 bits per heavy atom. The van der Waals surface area contributed by atoms with Crippen molar-refractivity contribution in [3.8, 4) is 0 Å². The number of likely N-dealkylation sites (N-methyl/N-ethyl adjacent to an activating group) is 1. The summed E-state index contributed by atoms with van der Waals surface area (Å²) in [5, 5.41) is 6.48. The van der Waals surface area contributed by atoms with Crippen LogP contribution in [-0.2, 0) is 11.2 Å². The fraction of sp³-hybridized carbons (Fsp3) is 0.500. The van der Waals surface area contributed by atoms with Gasteiger partial charge in [-0.25, -0.2) is 4.99 Å². The summed E-state index contributed by atoms with van der Waals surface area (Å²) in [5.41, 5.74) is 1.28. The summed E-state index contributed by atoms with van der Waals surface area (Å²) in [5.74, 6) is 0.693. The van der Waals surface area contributed by atoms with E-state index in [1.807, 2.05) is 18.2 Å². The molecule has 1 aromatic carbocycles. The Bertz CT molecular complexity index is 443. The lowest BCUT2D eigenvalue weighted by molar-refractivity contribution is -0.127. The molecule has 0 unspecified atom stereocenters. The second-order valence-corrected chi connectivity index (χ2v) is 5.04. The van der Waals surface area contributed by atoms with Crippen molar-refractivity contribution in [2.75, 3.05) is 33.7 Å². The highest BCUT2D eigenvalue weighted by Crippen LogP contribution is 1.98. The first kappa shape index (κ1) is 17.0.